The molecule has 0 aromatic heterocycles. The summed E-state index contributed by atoms with van der Waals surface area (Å²) in [6.07, 6.45) is 9.29. The average molecular weight is 465 g/mol. The Morgan fingerprint density at radius 2 is 0.794 bits per heavy atom. The molecule has 0 spiro atoms. The minimum Gasteiger partial charge on any atom is -0.326 e. The van der Waals surface area contributed by atoms with Gasteiger partial charge in [0.2, 0.25) is 11.8 Å². The Balaban J connectivity index is 1.44. The monoisotopic (exact) mass is 464 g/mol. The van der Waals surface area contributed by atoms with Gasteiger partial charge in [-0.05, 0) is 75.2 Å². The van der Waals surface area contributed by atoms with Crippen LogP contribution in [0.3, 0.4) is 0 Å². The molecule has 0 bridgehead atoms. The Morgan fingerprint density at radius 1 is 0.500 bits per heavy atom. The van der Waals surface area contributed by atoms with Crippen molar-refractivity contribution in [2.45, 2.75) is 78.1 Å². The fourth-order valence-corrected chi connectivity index (χ4v) is 3.66. The number of benzene rings is 2. The average Bonchev–Trinajstić information content (AvgIpc) is 2.81. The molecule has 2 N–H and O–H groups in total. The van der Waals surface area contributed by atoms with Gasteiger partial charge in [-0.3, -0.25) is 19.2 Å². The highest BCUT2D eigenvalue weighted by molar-refractivity contribution is 5.96. The molecule has 0 aliphatic heterocycles. The van der Waals surface area contributed by atoms with Crippen molar-refractivity contribution in [2.24, 2.45) is 0 Å². The lowest BCUT2D eigenvalue weighted by atomic mass is 10.1. The second kappa shape index (κ2) is 14.8. The van der Waals surface area contributed by atoms with Gasteiger partial charge < -0.3 is 10.6 Å². The third-order valence-corrected chi connectivity index (χ3v) is 5.71. The van der Waals surface area contributed by atoms with Gasteiger partial charge in [0, 0.05) is 35.3 Å². The molecule has 0 aliphatic carbocycles. The molecule has 0 unspecified atom stereocenters. The standard InChI is InChI=1S/C28H36N2O4/c1-21(31)23-13-17-25(18-14-23)29-27(33)11-9-7-5-3-4-6-8-10-12-28(34)30-26-19-15-24(16-20-26)22(2)32/h13-20H,3-12H2,1-2H3,(H,29,33)(H,30,34). The molecule has 2 amide bonds. The van der Waals surface area contributed by atoms with Gasteiger partial charge >= 0.3 is 0 Å². The molecular formula is C28H36N2O4. The molecule has 0 saturated heterocycles. The molecule has 182 valence electrons. The zero-order chi connectivity index (χ0) is 24.8. The number of Topliss-reactive ketones (excluding diaryl/α,β-unsaturated/α-hetero) is 2. The van der Waals surface area contributed by atoms with Crippen LogP contribution in [0.15, 0.2) is 48.5 Å². The molecular weight excluding hydrogens is 428 g/mol. The summed E-state index contributed by atoms with van der Waals surface area (Å²) in [6.45, 7) is 3.04. The third kappa shape index (κ3) is 10.6. The number of anilines is 2. The van der Waals surface area contributed by atoms with E-state index in [2.05, 4.69) is 10.6 Å². The quantitative estimate of drug-likeness (QED) is 0.230. The fourth-order valence-electron chi connectivity index (χ4n) is 3.66. The van der Waals surface area contributed by atoms with Gasteiger partial charge in [0.1, 0.15) is 0 Å². The number of amides is 2. The maximum Gasteiger partial charge on any atom is 0.224 e. The Morgan fingerprint density at radius 3 is 1.09 bits per heavy atom. The summed E-state index contributed by atoms with van der Waals surface area (Å²) in [5.41, 5.74) is 2.71. The minimum atomic E-state index is 0.00338. The maximum absolute atomic E-state index is 12.0. The summed E-state index contributed by atoms with van der Waals surface area (Å²) < 4.78 is 0. The molecule has 6 heteroatoms. The summed E-state index contributed by atoms with van der Waals surface area (Å²) >= 11 is 0. The highest BCUT2D eigenvalue weighted by Crippen LogP contribution is 2.14. The van der Waals surface area contributed by atoms with Crippen LogP contribution in [0.25, 0.3) is 0 Å². The van der Waals surface area contributed by atoms with Crippen LogP contribution in [0.5, 0.6) is 0 Å². The van der Waals surface area contributed by atoms with E-state index in [9.17, 15) is 19.2 Å². The van der Waals surface area contributed by atoms with E-state index in [-0.39, 0.29) is 23.4 Å². The van der Waals surface area contributed by atoms with E-state index in [0.717, 1.165) is 62.7 Å². The summed E-state index contributed by atoms with van der Waals surface area (Å²) in [5.74, 6) is 0.0296. The molecule has 34 heavy (non-hydrogen) atoms. The van der Waals surface area contributed by atoms with E-state index in [4.69, 9.17) is 0 Å². The van der Waals surface area contributed by atoms with Crippen LogP contribution in [-0.2, 0) is 9.59 Å². The first-order valence-corrected chi connectivity index (χ1v) is 12.2. The lowest BCUT2D eigenvalue weighted by molar-refractivity contribution is -0.117. The van der Waals surface area contributed by atoms with E-state index in [1.165, 1.54) is 13.8 Å². The van der Waals surface area contributed by atoms with Crippen LogP contribution >= 0.6 is 0 Å². The number of nitrogens with one attached hydrogen (secondary N) is 2. The molecule has 0 radical (unpaired) electrons. The largest absolute Gasteiger partial charge is 0.326 e. The molecule has 0 atom stereocenters. The second-order valence-electron chi connectivity index (χ2n) is 8.69. The summed E-state index contributed by atoms with van der Waals surface area (Å²) in [7, 11) is 0. The Bertz CT molecular complexity index is 870. The number of rotatable bonds is 15. The van der Waals surface area contributed by atoms with E-state index in [1.807, 2.05) is 0 Å². The van der Waals surface area contributed by atoms with Gasteiger partial charge in [0.25, 0.3) is 0 Å². The highest BCUT2D eigenvalue weighted by Gasteiger charge is 2.05. The van der Waals surface area contributed by atoms with Crippen molar-refractivity contribution in [1.82, 2.24) is 0 Å². The van der Waals surface area contributed by atoms with Crippen molar-refractivity contribution < 1.29 is 19.2 Å². The number of ketones is 2. The molecule has 0 heterocycles. The molecule has 0 fully saturated rings. The lowest BCUT2D eigenvalue weighted by Gasteiger charge is -2.07. The fraction of sp³-hybridized carbons (Fsp3) is 0.429. The van der Waals surface area contributed by atoms with E-state index < -0.39 is 0 Å². The first kappa shape index (κ1) is 27.0. The van der Waals surface area contributed by atoms with Crippen molar-refractivity contribution in [3.63, 3.8) is 0 Å². The lowest BCUT2D eigenvalue weighted by Crippen LogP contribution is -2.11. The molecule has 2 aromatic rings. The SMILES string of the molecule is CC(=O)c1ccc(NC(=O)CCCCCCCCCCC(=O)Nc2ccc(C(C)=O)cc2)cc1. The number of carbonyl (C=O) groups is 4. The second-order valence-corrected chi connectivity index (χ2v) is 8.69. The van der Waals surface area contributed by atoms with Crippen LogP contribution in [-0.4, -0.2) is 23.4 Å². The van der Waals surface area contributed by atoms with Gasteiger partial charge in [0.05, 0.1) is 0 Å². The van der Waals surface area contributed by atoms with Crippen molar-refractivity contribution in [3.8, 4) is 0 Å². The zero-order valence-electron chi connectivity index (χ0n) is 20.3. The molecule has 2 rings (SSSR count). The predicted octanol–water partition coefficient (Wildman–Crippen LogP) is 6.57. The first-order valence-electron chi connectivity index (χ1n) is 12.2. The summed E-state index contributed by atoms with van der Waals surface area (Å²) in [6, 6.07) is 13.9. The van der Waals surface area contributed by atoms with E-state index >= 15 is 0 Å². The molecule has 0 saturated carbocycles. The Labute approximate surface area is 202 Å². The minimum absolute atomic E-state index is 0.00338. The van der Waals surface area contributed by atoms with Crippen LogP contribution in [0, 0.1) is 0 Å². The van der Waals surface area contributed by atoms with Gasteiger partial charge in [-0.25, -0.2) is 0 Å². The van der Waals surface area contributed by atoms with Crippen molar-refractivity contribution in [3.05, 3.63) is 59.7 Å². The van der Waals surface area contributed by atoms with Crippen molar-refractivity contribution >= 4 is 34.8 Å². The van der Waals surface area contributed by atoms with Gasteiger partial charge in [0.15, 0.2) is 11.6 Å². The topological polar surface area (TPSA) is 92.3 Å². The van der Waals surface area contributed by atoms with Crippen LogP contribution in [0.1, 0.15) is 98.8 Å². The van der Waals surface area contributed by atoms with Gasteiger partial charge in [-0.2, -0.15) is 0 Å². The number of hydrogen-bond donors (Lipinski definition) is 2. The van der Waals surface area contributed by atoms with Crippen LogP contribution in [0.2, 0.25) is 0 Å². The Hall–Kier alpha value is -3.28. The predicted molar refractivity (Wildman–Crippen MR) is 136 cm³/mol. The van der Waals surface area contributed by atoms with E-state index in [1.54, 1.807) is 48.5 Å². The van der Waals surface area contributed by atoms with Gasteiger partial charge in [-0.15, -0.1) is 0 Å². The van der Waals surface area contributed by atoms with Crippen LogP contribution < -0.4 is 10.6 Å². The summed E-state index contributed by atoms with van der Waals surface area (Å²) in [5, 5.41) is 5.74. The molecule has 6 nitrogen and oxygen atoms in total. The molecule has 0 aliphatic rings. The van der Waals surface area contributed by atoms with Crippen molar-refractivity contribution in [1.29, 1.82) is 0 Å². The summed E-state index contributed by atoms with van der Waals surface area (Å²) in [4.78, 5) is 46.6. The molecule has 2 aromatic carbocycles. The Kier molecular flexibility index (Phi) is 11.7. The third-order valence-electron chi connectivity index (χ3n) is 5.71. The van der Waals surface area contributed by atoms with Gasteiger partial charge in [-0.1, -0.05) is 38.5 Å². The van der Waals surface area contributed by atoms with Crippen molar-refractivity contribution in [2.75, 3.05) is 10.6 Å². The smallest absolute Gasteiger partial charge is 0.224 e. The first-order chi connectivity index (χ1) is 16.3. The maximum atomic E-state index is 12.0. The van der Waals surface area contributed by atoms with Crippen LogP contribution in [0.4, 0.5) is 11.4 Å². The number of unbranched alkanes of at least 4 members (excludes halogenated alkanes) is 7. The van der Waals surface area contributed by atoms with E-state index in [0.29, 0.717) is 24.0 Å². The number of hydrogen-bond acceptors (Lipinski definition) is 4. The highest BCUT2D eigenvalue weighted by atomic mass is 16.2. The normalized spacial score (nSPS) is 10.5. The zero-order valence-corrected chi connectivity index (χ0v) is 20.3. The number of carbonyl (C=O) groups excluding carboxylic acids is 4.